The minimum atomic E-state index is 0.608. The van der Waals surface area contributed by atoms with Crippen molar-refractivity contribution in [2.24, 2.45) is 11.7 Å². The van der Waals surface area contributed by atoms with Crippen LogP contribution in [0.1, 0.15) is 19.0 Å². The first-order valence-electron chi connectivity index (χ1n) is 5.51. The van der Waals surface area contributed by atoms with E-state index < -0.39 is 0 Å². The number of aromatic nitrogens is 1. The summed E-state index contributed by atoms with van der Waals surface area (Å²) in [5, 5.41) is 0. The second kappa shape index (κ2) is 6.53. The molecule has 0 spiro atoms. The van der Waals surface area contributed by atoms with Crippen LogP contribution >= 0.6 is 0 Å². The van der Waals surface area contributed by atoms with Crippen molar-refractivity contribution < 1.29 is 0 Å². The van der Waals surface area contributed by atoms with Crippen molar-refractivity contribution in [3.8, 4) is 0 Å². The lowest BCUT2D eigenvalue weighted by Gasteiger charge is -2.18. The van der Waals surface area contributed by atoms with E-state index in [-0.39, 0.29) is 0 Å². The highest BCUT2D eigenvalue weighted by atomic mass is 15.1. The van der Waals surface area contributed by atoms with Crippen LogP contribution in [0.4, 0.5) is 0 Å². The average Bonchev–Trinajstić information content (AvgIpc) is 2.27. The molecule has 0 aliphatic carbocycles. The topological polar surface area (TPSA) is 42.1 Å². The van der Waals surface area contributed by atoms with Crippen LogP contribution in [0.15, 0.2) is 24.4 Å². The zero-order valence-corrected chi connectivity index (χ0v) is 9.69. The minimum absolute atomic E-state index is 0.608. The third kappa shape index (κ3) is 4.91. The summed E-state index contributed by atoms with van der Waals surface area (Å²) in [6.07, 6.45) is 2.99. The predicted molar refractivity (Wildman–Crippen MR) is 63.4 cm³/mol. The van der Waals surface area contributed by atoms with Gasteiger partial charge in [0.05, 0.1) is 5.69 Å². The number of hydrogen-bond donors (Lipinski definition) is 1. The van der Waals surface area contributed by atoms with Gasteiger partial charge in [0.1, 0.15) is 0 Å². The Labute approximate surface area is 92.3 Å². The summed E-state index contributed by atoms with van der Waals surface area (Å²) in [7, 11) is 2.12. The Kier molecular flexibility index (Phi) is 5.29. The molecule has 0 fully saturated rings. The molecule has 0 aliphatic rings. The van der Waals surface area contributed by atoms with Crippen molar-refractivity contribution in [3.63, 3.8) is 0 Å². The van der Waals surface area contributed by atoms with Gasteiger partial charge in [-0.05, 0) is 44.6 Å². The lowest BCUT2D eigenvalue weighted by molar-refractivity contribution is 0.297. The van der Waals surface area contributed by atoms with Gasteiger partial charge in [-0.25, -0.2) is 0 Å². The molecule has 15 heavy (non-hydrogen) atoms. The molecule has 0 saturated heterocycles. The Hall–Kier alpha value is -0.930. The van der Waals surface area contributed by atoms with Crippen LogP contribution in [0, 0.1) is 5.92 Å². The molecule has 1 heterocycles. The first kappa shape index (κ1) is 12.1. The third-order valence-corrected chi connectivity index (χ3v) is 2.56. The first-order chi connectivity index (χ1) is 7.22. The largest absolute Gasteiger partial charge is 0.330 e. The average molecular weight is 207 g/mol. The van der Waals surface area contributed by atoms with Crippen LogP contribution in [-0.4, -0.2) is 30.0 Å². The van der Waals surface area contributed by atoms with Gasteiger partial charge in [0.25, 0.3) is 0 Å². The van der Waals surface area contributed by atoms with Gasteiger partial charge in [0.15, 0.2) is 0 Å². The molecule has 1 rings (SSSR count). The summed E-state index contributed by atoms with van der Waals surface area (Å²) in [6.45, 7) is 4.96. The summed E-state index contributed by atoms with van der Waals surface area (Å²) in [5.41, 5.74) is 6.71. The standard InChI is InChI=1S/C12H21N3/c1-11(9-13)6-8-15(2)10-12-5-3-4-7-14-12/h3-5,7,11H,6,8-10,13H2,1-2H3. The predicted octanol–water partition coefficient (Wildman–Crippen LogP) is 1.50. The van der Waals surface area contributed by atoms with E-state index in [0.717, 1.165) is 31.7 Å². The lowest BCUT2D eigenvalue weighted by atomic mass is 10.1. The van der Waals surface area contributed by atoms with Gasteiger partial charge in [-0.15, -0.1) is 0 Å². The van der Waals surface area contributed by atoms with Crippen LogP contribution in [0.3, 0.4) is 0 Å². The zero-order chi connectivity index (χ0) is 11.1. The third-order valence-electron chi connectivity index (χ3n) is 2.56. The van der Waals surface area contributed by atoms with E-state index in [1.165, 1.54) is 0 Å². The minimum Gasteiger partial charge on any atom is -0.330 e. The number of rotatable bonds is 6. The van der Waals surface area contributed by atoms with Crippen LogP contribution < -0.4 is 5.73 Å². The highest BCUT2D eigenvalue weighted by Crippen LogP contribution is 2.03. The Morgan fingerprint density at radius 3 is 2.87 bits per heavy atom. The van der Waals surface area contributed by atoms with E-state index >= 15 is 0 Å². The zero-order valence-electron chi connectivity index (χ0n) is 9.69. The maximum absolute atomic E-state index is 5.58. The van der Waals surface area contributed by atoms with Crippen molar-refractivity contribution in [1.82, 2.24) is 9.88 Å². The van der Waals surface area contributed by atoms with Crippen LogP contribution in [0.5, 0.6) is 0 Å². The SMILES string of the molecule is CC(CN)CCN(C)Cc1ccccn1. The van der Waals surface area contributed by atoms with Gasteiger partial charge in [0, 0.05) is 12.7 Å². The maximum Gasteiger partial charge on any atom is 0.0543 e. The molecule has 0 aliphatic heterocycles. The fraction of sp³-hybridized carbons (Fsp3) is 0.583. The molecular formula is C12H21N3. The van der Waals surface area contributed by atoms with E-state index in [9.17, 15) is 0 Å². The second-order valence-corrected chi connectivity index (χ2v) is 4.19. The summed E-state index contributed by atoms with van der Waals surface area (Å²) in [6, 6.07) is 6.03. The Bertz CT molecular complexity index is 261. The van der Waals surface area contributed by atoms with Gasteiger partial charge in [-0.2, -0.15) is 0 Å². The maximum atomic E-state index is 5.58. The fourth-order valence-corrected chi connectivity index (χ4v) is 1.41. The lowest BCUT2D eigenvalue weighted by Crippen LogP contribution is -2.23. The molecule has 3 heteroatoms. The normalized spacial score (nSPS) is 13.1. The molecular weight excluding hydrogens is 186 g/mol. The number of nitrogens with zero attached hydrogens (tertiary/aromatic N) is 2. The molecule has 2 N–H and O–H groups in total. The van der Waals surface area contributed by atoms with Gasteiger partial charge in [-0.1, -0.05) is 13.0 Å². The molecule has 84 valence electrons. The smallest absolute Gasteiger partial charge is 0.0543 e. The summed E-state index contributed by atoms with van der Waals surface area (Å²) in [5.74, 6) is 0.608. The summed E-state index contributed by atoms with van der Waals surface area (Å²) >= 11 is 0. The van der Waals surface area contributed by atoms with Gasteiger partial charge in [-0.3, -0.25) is 4.98 Å². The molecule has 1 aromatic heterocycles. The van der Waals surface area contributed by atoms with Crippen molar-refractivity contribution in [2.45, 2.75) is 19.9 Å². The molecule has 0 amide bonds. The molecule has 0 radical (unpaired) electrons. The first-order valence-corrected chi connectivity index (χ1v) is 5.51. The van der Waals surface area contributed by atoms with E-state index in [2.05, 4.69) is 29.9 Å². The number of nitrogens with two attached hydrogens (primary N) is 1. The number of pyridine rings is 1. The Morgan fingerprint density at radius 2 is 2.27 bits per heavy atom. The van der Waals surface area contributed by atoms with E-state index in [0.29, 0.717) is 5.92 Å². The molecule has 1 unspecified atom stereocenters. The van der Waals surface area contributed by atoms with Crippen LogP contribution in [-0.2, 0) is 6.54 Å². The Morgan fingerprint density at radius 1 is 1.47 bits per heavy atom. The monoisotopic (exact) mass is 207 g/mol. The van der Waals surface area contributed by atoms with E-state index in [1.807, 2.05) is 18.3 Å². The van der Waals surface area contributed by atoms with Crippen LogP contribution in [0.25, 0.3) is 0 Å². The van der Waals surface area contributed by atoms with Crippen molar-refractivity contribution in [1.29, 1.82) is 0 Å². The van der Waals surface area contributed by atoms with Crippen molar-refractivity contribution in [3.05, 3.63) is 30.1 Å². The van der Waals surface area contributed by atoms with Gasteiger partial charge in [0.2, 0.25) is 0 Å². The van der Waals surface area contributed by atoms with E-state index in [1.54, 1.807) is 0 Å². The van der Waals surface area contributed by atoms with Crippen LogP contribution in [0.2, 0.25) is 0 Å². The fourth-order valence-electron chi connectivity index (χ4n) is 1.41. The van der Waals surface area contributed by atoms with Gasteiger partial charge >= 0.3 is 0 Å². The summed E-state index contributed by atoms with van der Waals surface area (Å²) in [4.78, 5) is 6.59. The van der Waals surface area contributed by atoms with Gasteiger partial charge < -0.3 is 10.6 Å². The number of hydrogen-bond acceptors (Lipinski definition) is 3. The molecule has 3 nitrogen and oxygen atoms in total. The summed E-state index contributed by atoms with van der Waals surface area (Å²) < 4.78 is 0. The molecule has 1 aromatic rings. The van der Waals surface area contributed by atoms with E-state index in [4.69, 9.17) is 5.73 Å². The molecule has 1 atom stereocenters. The van der Waals surface area contributed by atoms with Crippen molar-refractivity contribution in [2.75, 3.05) is 20.1 Å². The highest BCUT2D eigenvalue weighted by molar-refractivity contribution is 5.02. The molecule has 0 bridgehead atoms. The second-order valence-electron chi connectivity index (χ2n) is 4.19. The Balaban J connectivity index is 2.27. The molecule has 0 saturated carbocycles. The highest BCUT2D eigenvalue weighted by Gasteiger charge is 2.03. The van der Waals surface area contributed by atoms with Crippen molar-refractivity contribution >= 4 is 0 Å². The quantitative estimate of drug-likeness (QED) is 0.768. The molecule has 0 aromatic carbocycles.